The largest absolute Gasteiger partial charge is 0.457 e. The molecule has 9 aromatic rings. The molecule has 0 radical (unpaired) electrons. The van der Waals surface area contributed by atoms with Crippen molar-refractivity contribution < 1.29 is 4.74 Å². The van der Waals surface area contributed by atoms with Gasteiger partial charge < -0.3 is 4.74 Å². The van der Waals surface area contributed by atoms with Crippen LogP contribution in [0.5, 0.6) is 11.5 Å². The summed E-state index contributed by atoms with van der Waals surface area (Å²) >= 11 is 0. The summed E-state index contributed by atoms with van der Waals surface area (Å²) < 4.78 is 6.89. The van der Waals surface area contributed by atoms with Gasteiger partial charge in [-0.1, -0.05) is 159 Å². The van der Waals surface area contributed by atoms with Crippen molar-refractivity contribution in [3.63, 3.8) is 0 Å². The molecule has 318 valence electrons. The van der Waals surface area contributed by atoms with Crippen LogP contribution in [0.4, 0.5) is 0 Å². The first-order valence-electron chi connectivity index (χ1n) is 24.1. The van der Waals surface area contributed by atoms with E-state index in [4.69, 9.17) is 14.7 Å². The summed E-state index contributed by atoms with van der Waals surface area (Å²) in [6.07, 6.45) is 6.75. The van der Waals surface area contributed by atoms with Crippen molar-refractivity contribution in [1.82, 2.24) is 9.97 Å². The van der Waals surface area contributed by atoms with Gasteiger partial charge in [-0.3, -0.25) is 0 Å². The molecule has 0 N–H and O–H groups in total. The van der Waals surface area contributed by atoms with Crippen LogP contribution in [-0.4, -0.2) is 9.97 Å². The van der Waals surface area contributed by atoms with Crippen LogP contribution in [0.15, 0.2) is 182 Å². The Hall–Kier alpha value is -7.10. The van der Waals surface area contributed by atoms with Crippen LogP contribution in [0.2, 0.25) is 0 Å². The van der Waals surface area contributed by atoms with E-state index in [1.54, 1.807) is 5.56 Å². The van der Waals surface area contributed by atoms with Gasteiger partial charge in [0.1, 0.15) is 11.5 Å². The first kappa shape index (κ1) is 38.2. The summed E-state index contributed by atoms with van der Waals surface area (Å²) in [6, 6.07) is 66.7. The molecule has 1 aliphatic heterocycles. The van der Waals surface area contributed by atoms with Crippen LogP contribution in [0.25, 0.3) is 78.1 Å². The van der Waals surface area contributed by atoms with E-state index in [0.29, 0.717) is 11.8 Å². The van der Waals surface area contributed by atoms with Gasteiger partial charge in [-0.25, -0.2) is 9.97 Å². The van der Waals surface area contributed by atoms with Gasteiger partial charge in [-0.15, -0.1) is 0 Å². The summed E-state index contributed by atoms with van der Waals surface area (Å²) in [5, 5.41) is 1.05. The van der Waals surface area contributed by atoms with Crippen LogP contribution < -0.4 is 4.74 Å². The van der Waals surface area contributed by atoms with Gasteiger partial charge in [0.25, 0.3) is 0 Å². The number of hydrogen-bond donors (Lipinski definition) is 0. The molecular weight excluding hydrogens is 801 g/mol. The third-order valence-corrected chi connectivity index (χ3v) is 16.7. The van der Waals surface area contributed by atoms with Crippen molar-refractivity contribution >= 4 is 10.9 Å². The number of rotatable bonds is 5. The lowest BCUT2D eigenvalue weighted by molar-refractivity contribution is -0.0399. The zero-order chi connectivity index (χ0) is 43.7. The van der Waals surface area contributed by atoms with E-state index in [9.17, 15) is 0 Å². The maximum absolute atomic E-state index is 6.89. The molecule has 0 saturated heterocycles. The highest BCUT2D eigenvalue weighted by Crippen LogP contribution is 2.70. The van der Waals surface area contributed by atoms with Crippen molar-refractivity contribution in [3.8, 4) is 78.7 Å². The molecule has 66 heavy (non-hydrogen) atoms. The first-order valence-corrected chi connectivity index (χ1v) is 24.1. The fraction of sp³-hybridized carbons (Fsp3) is 0.206. The predicted molar refractivity (Wildman–Crippen MR) is 269 cm³/mol. The smallest absolute Gasteiger partial charge is 0.160 e. The number of benzene rings is 8. The van der Waals surface area contributed by atoms with Gasteiger partial charge in [0.05, 0.1) is 11.2 Å². The third-order valence-electron chi connectivity index (χ3n) is 16.7. The number of para-hydroxylation sites is 1. The zero-order valence-electron chi connectivity index (χ0n) is 37.5. The van der Waals surface area contributed by atoms with Gasteiger partial charge in [0.15, 0.2) is 5.82 Å². The molecule has 0 amide bonds. The van der Waals surface area contributed by atoms with E-state index in [2.05, 4.69) is 196 Å². The standard InChI is InChI=1S/C63H50N2O/c1-62(2)53-19-11-12-20-58(53)66-59-37-55-52(36-56(59)62)49-27-25-44(34-54(49)63(55)46-30-38-29-39(32-46)33-47(63)31-38)45-26-28-51-57(35-45)64-61(43-23-21-41(22-24-43)40-13-5-3-6-14-40)65-60(51)50-18-10-9-17-48(50)42-15-7-4-8-16-42/h3-28,34-39,46-47H,29-33H2,1-2H3. The van der Waals surface area contributed by atoms with Crippen LogP contribution in [0, 0.1) is 23.7 Å². The van der Waals surface area contributed by atoms with E-state index in [1.165, 1.54) is 87.7 Å². The van der Waals surface area contributed by atoms with Gasteiger partial charge in [-0.2, -0.15) is 0 Å². The maximum atomic E-state index is 6.89. The minimum absolute atomic E-state index is 0.0139. The van der Waals surface area contributed by atoms with E-state index in [0.717, 1.165) is 62.4 Å². The molecule has 0 atom stereocenters. The van der Waals surface area contributed by atoms with Crippen molar-refractivity contribution in [2.24, 2.45) is 23.7 Å². The Morgan fingerprint density at radius 1 is 0.409 bits per heavy atom. The Kier molecular flexibility index (Phi) is 8.22. The van der Waals surface area contributed by atoms with E-state index < -0.39 is 0 Å². The molecule has 15 rings (SSSR count). The highest BCUT2D eigenvalue weighted by atomic mass is 16.5. The number of nitrogens with zero attached hydrogens (tertiary/aromatic N) is 2. The number of ether oxygens (including phenoxy) is 1. The predicted octanol–water partition coefficient (Wildman–Crippen LogP) is 16.1. The summed E-state index contributed by atoms with van der Waals surface area (Å²) in [7, 11) is 0. The Morgan fingerprint density at radius 2 is 1.00 bits per heavy atom. The second-order valence-corrected chi connectivity index (χ2v) is 20.5. The van der Waals surface area contributed by atoms with E-state index in [1.807, 2.05) is 0 Å². The topological polar surface area (TPSA) is 35.0 Å². The minimum atomic E-state index is -0.171. The average molecular weight is 851 g/mol. The second-order valence-electron chi connectivity index (χ2n) is 20.5. The van der Waals surface area contributed by atoms with Crippen LogP contribution in [0.3, 0.4) is 0 Å². The zero-order valence-corrected chi connectivity index (χ0v) is 37.5. The number of hydrogen-bond acceptors (Lipinski definition) is 3. The maximum Gasteiger partial charge on any atom is 0.160 e. The first-order chi connectivity index (χ1) is 32.4. The Labute approximate surface area is 387 Å². The van der Waals surface area contributed by atoms with Crippen molar-refractivity contribution in [3.05, 3.63) is 204 Å². The third kappa shape index (κ3) is 5.56. The highest BCUT2D eigenvalue weighted by molar-refractivity contribution is 6.00. The Morgan fingerprint density at radius 3 is 1.76 bits per heavy atom. The summed E-state index contributed by atoms with van der Waals surface area (Å²) in [6.45, 7) is 4.74. The second kappa shape index (κ2) is 14.2. The number of fused-ring (bicyclic) bond motifs is 6. The molecular formula is C63H50N2O. The van der Waals surface area contributed by atoms with Gasteiger partial charge in [-0.05, 0) is 148 Å². The Balaban J connectivity index is 0.941. The quantitative estimate of drug-likeness (QED) is 0.173. The molecule has 3 heteroatoms. The van der Waals surface area contributed by atoms with Crippen LogP contribution in [0.1, 0.15) is 68.2 Å². The van der Waals surface area contributed by atoms with Crippen LogP contribution >= 0.6 is 0 Å². The lowest BCUT2D eigenvalue weighted by atomic mass is 9.43. The number of aromatic nitrogens is 2. The highest BCUT2D eigenvalue weighted by Gasteiger charge is 2.62. The van der Waals surface area contributed by atoms with Crippen molar-refractivity contribution in [2.45, 2.75) is 56.8 Å². The van der Waals surface area contributed by atoms with Gasteiger partial charge in [0, 0.05) is 38.5 Å². The molecule has 3 nitrogen and oxygen atoms in total. The molecule has 6 aliphatic rings. The summed E-state index contributed by atoms with van der Waals surface area (Å²) in [4.78, 5) is 10.9. The molecule has 8 aromatic carbocycles. The van der Waals surface area contributed by atoms with Crippen molar-refractivity contribution in [1.29, 1.82) is 0 Å². The normalized spacial score (nSPS) is 22.4. The molecule has 1 spiro atoms. The molecule has 5 aliphatic carbocycles. The average Bonchev–Trinajstić information content (AvgIpc) is 3.64. The fourth-order valence-corrected chi connectivity index (χ4v) is 14.0. The fourth-order valence-electron chi connectivity index (χ4n) is 14.0. The summed E-state index contributed by atoms with van der Waals surface area (Å²) in [5.74, 6) is 5.76. The lowest BCUT2D eigenvalue weighted by Gasteiger charge is -2.61. The van der Waals surface area contributed by atoms with Crippen molar-refractivity contribution in [2.75, 3.05) is 0 Å². The Bertz CT molecular complexity index is 3390. The SMILES string of the molecule is CC1(C)c2ccccc2Oc2cc3c(cc21)-c1ccc(-c2ccc4c(-c5ccccc5-c5ccccc5)nc(-c5ccc(-c6ccccc6)cc5)nc4c2)cc1C31C2CC3CC(C2)CC1C3. The van der Waals surface area contributed by atoms with Gasteiger partial charge >= 0.3 is 0 Å². The molecule has 4 fully saturated rings. The molecule has 0 unspecified atom stereocenters. The summed E-state index contributed by atoms with van der Waals surface area (Å²) in [5.41, 5.74) is 19.4. The van der Waals surface area contributed by atoms with Gasteiger partial charge in [0.2, 0.25) is 0 Å². The van der Waals surface area contributed by atoms with Crippen LogP contribution in [-0.2, 0) is 10.8 Å². The molecule has 1 aromatic heterocycles. The molecule has 4 saturated carbocycles. The van der Waals surface area contributed by atoms with E-state index >= 15 is 0 Å². The molecule has 2 heterocycles. The minimum Gasteiger partial charge on any atom is -0.457 e. The molecule has 4 bridgehead atoms. The monoisotopic (exact) mass is 850 g/mol. The van der Waals surface area contributed by atoms with E-state index in [-0.39, 0.29) is 10.8 Å². The lowest BCUT2D eigenvalue weighted by Crippen LogP contribution is -2.55.